The normalized spacial score (nSPS) is 29.0. The monoisotopic (exact) mass is 470 g/mol. The van der Waals surface area contributed by atoms with Gasteiger partial charge in [-0.2, -0.15) is 0 Å². The van der Waals surface area contributed by atoms with Crippen molar-refractivity contribution in [1.29, 1.82) is 0 Å². The molecule has 9 nitrogen and oxygen atoms in total. The molecule has 0 aliphatic heterocycles. The first kappa shape index (κ1) is 22.5. The Morgan fingerprint density at radius 3 is 2.61 bits per heavy atom. The molecule has 0 radical (unpaired) electrons. The third-order valence-corrected chi connectivity index (χ3v) is 7.80. The number of hydrogen-bond acceptors (Lipinski definition) is 9. The molecular weight excluding hydrogens is 440 g/mol. The topological polar surface area (TPSA) is 129 Å². The van der Waals surface area contributed by atoms with E-state index in [-0.39, 0.29) is 12.5 Å². The highest BCUT2D eigenvalue weighted by atomic mass is 32.2. The quantitative estimate of drug-likeness (QED) is 0.304. The summed E-state index contributed by atoms with van der Waals surface area (Å²) < 4.78 is 1.52. The summed E-state index contributed by atoms with van der Waals surface area (Å²) in [5.74, 6) is 1.93. The lowest BCUT2D eigenvalue weighted by Crippen LogP contribution is -2.31. The molecule has 2 heterocycles. The number of aryl methyl sites for hydroxylation is 2. The predicted octanol–water partition coefficient (Wildman–Crippen LogP) is 2.34. The predicted molar refractivity (Wildman–Crippen MR) is 126 cm³/mol. The molecule has 0 saturated heterocycles. The van der Waals surface area contributed by atoms with E-state index in [9.17, 15) is 15.3 Å². The van der Waals surface area contributed by atoms with Crippen LogP contribution in [-0.2, 0) is 0 Å². The van der Waals surface area contributed by atoms with Crippen LogP contribution in [0.5, 0.6) is 0 Å². The van der Waals surface area contributed by atoms with Gasteiger partial charge < -0.3 is 20.6 Å². The lowest BCUT2D eigenvalue weighted by molar-refractivity contribution is -0.0253. The van der Waals surface area contributed by atoms with Crippen LogP contribution in [-0.4, -0.2) is 70.4 Å². The molecule has 2 aliphatic rings. The largest absolute Gasteiger partial charge is 0.390 e. The molecule has 5 rings (SSSR count). The fraction of sp³-hybridized carbons (Fsp3) is 0.565. The van der Waals surface area contributed by atoms with Crippen LogP contribution in [0, 0.1) is 13.8 Å². The van der Waals surface area contributed by atoms with Gasteiger partial charge in [-0.05, 0) is 43.4 Å². The lowest BCUT2D eigenvalue weighted by Gasteiger charge is -2.16. The Hall–Kier alpha value is -2.27. The van der Waals surface area contributed by atoms with Gasteiger partial charge in [-0.3, -0.25) is 0 Å². The molecule has 0 amide bonds. The molecule has 0 bridgehead atoms. The van der Waals surface area contributed by atoms with Crippen molar-refractivity contribution in [3.05, 3.63) is 34.9 Å². The van der Waals surface area contributed by atoms with E-state index >= 15 is 0 Å². The molecule has 4 N–H and O–H groups in total. The molecule has 1 aromatic carbocycles. The summed E-state index contributed by atoms with van der Waals surface area (Å²) in [4.78, 5) is 9.39. The van der Waals surface area contributed by atoms with E-state index in [2.05, 4.69) is 59.6 Å². The highest BCUT2D eigenvalue weighted by Gasteiger charge is 2.44. The number of nitrogens with zero attached hydrogens (tertiary/aromatic N) is 5. The summed E-state index contributed by atoms with van der Waals surface area (Å²) in [6.45, 7) is 6.36. The van der Waals surface area contributed by atoms with Gasteiger partial charge in [0.2, 0.25) is 0 Å². The first-order valence-corrected chi connectivity index (χ1v) is 12.5. The van der Waals surface area contributed by atoms with E-state index in [1.165, 1.54) is 21.4 Å². The van der Waals surface area contributed by atoms with E-state index in [0.29, 0.717) is 28.1 Å². The van der Waals surface area contributed by atoms with Crippen molar-refractivity contribution in [2.24, 2.45) is 0 Å². The minimum absolute atomic E-state index is 0.183. The van der Waals surface area contributed by atoms with Gasteiger partial charge in [0.15, 0.2) is 22.1 Å². The minimum Gasteiger partial charge on any atom is -0.390 e. The van der Waals surface area contributed by atoms with Crippen LogP contribution < -0.4 is 5.32 Å². The van der Waals surface area contributed by atoms with Crippen molar-refractivity contribution < 1.29 is 15.3 Å². The van der Waals surface area contributed by atoms with Crippen molar-refractivity contribution in [3.63, 3.8) is 0 Å². The smallest absolute Gasteiger partial charge is 0.191 e. The zero-order chi connectivity index (χ0) is 23.3. The number of aliphatic hydroxyl groups excluding tert-OH is 3. The number of thioether (sulfide) groups is 1. The summed E-state index contributed by atoms with van der Waals surface area (Å²) in [6.07, 6.45) is -1.18. The number of aromatic nitrogens is 5. The third kappa shape index (κ3) is 4.21. The lowest BCUT2D eigenvalue weighted by atomic mass is 10.0. The van der Waals surface area contributed by atoms with E-state index in [0.717, 1.165) is 18.6 Å². The maximum Gasteiger partial charge on any atom is 0.191 e. The Labute approximate surface area is 196 Å². The number of nitrogens with one attached hydrogen (secondary N) is 1. The van der Waals surface area contributed by atoms with Gasteiger partial charge in [-0.1, -0.05) is 42.1 Å². The summed E-state index contributed by atoms with van der Waals surface area (Å²) >= 11 is 1.56. The molecule has 2 aliphatic carbocycles. The molecular formula is C23H30N6O3S. The van der Waals surface area contributed by atoms with Crippen molar-refractivity contribution in [1.82, 2.24) is 25.0 Å². The highest BCUT2D eigenvalue weighted by Crippen LogP contribution is 2.44. The molecule has 2 fully saturated rings. The Kier molecular flexibility index (Phi) is 6.02. The summed E-state index contributed by atoms with van der Waals surface area (Å²) in [6, 6.07) is 6.27. The maximum absolute atomic E-state index is 10.4. The zero-order valence-electron chi connectivity index (χ0n) is 19.0. The van der Waals surface area contributed by atoms with E-state index in [1.807, 2.05) is 0 Å². The van der Waals surface area contributed by atoms with Crippen LogP contribution in [0.15, 0.2) is 23.4 Å². The first-order valence-electron chi connectivity index (χ1n) is 11.5. The average Bonchev–Trinajstić information content (AvgIpc) is 3.36. The van der Waals surface area contributed by atoms with Crippen LogP contribution in [0.4, 0.5) is 5.82 Å². The van der Waals surface area contributed by atoms with Crippen molar-refractivity contribution in [2.75, 3.05) is 11.1 Å². The third-order valence-electron chi connectivity index (χ3n) is 6.75. The Bertz CT molecular complexity index is 1170. The van der Waals surface area contributed by atoms with E-state index in [1.54, 1.807) is 11.8 Å². The maximum atomic E-state index is 10.4. The molecule has 0 spiro atoms. The second-order valence-electron chi connectivity index (χ2n) is 9.20. The zero-order valence-corrected chi connectivity index (χ0v) is 19.8. The Morgan fingerprint density at radius 2 is 1.91 bits per heavy atom. The number of aliphatic hydroxyl groups is 3. The Morgan fingerprint density at radius 1 is 1.09 bits per heavy atom. The number of rotatable bonds is 7. The molecule has 2 aromatic heterocycles. The second kappa shape index (κ2) is 8.83. The molecule has 2 unspecified atom stereocenters. The van der Waals surface area contributed by atoms with Crippen molar-refractivity contribution in [2.45, 2.75) is 81.5 Å². The van der Waals surface area contributed by atoms with Gasteiger partial charge in [0.05, 0.1) is 12.1 Å². The van der Waals surface area contributed by atoms with Crippen LogP contribution in [0.2, 0.25) is 0 Å². The second-order valence-corrected chi connectivity index (χ2v) is 10.3. The SMILES string of the molecule is CCCSc1nc(NC2CC2c2ccc(C)c(C)c2)c2nnn([C@@H]3C[C@H](O)[C@@H](O)[C@H]3O)c2n1. The van der Waals surface area contributed by atoms with Gasteiger partial charge >= 0.3 is 0 Å². The van der Waals surface area contributed by atoms with Gasteiger partial charge in [-0.15, -0.1) is 5.10 Å². The average molecular weight is 471 g/mol. The van der Waals surface area contributed by atoms with E-state index < -0.39 is 24.4 Å². The van der Waals surface area contributed by atoms with E-state index in [4.69, 9.17) is 4.98 Å². The molecule has 176 valence electrons. The van der Waals surface area contributed by atoms with Gasteiger partial charge in [-0.25, -0.2) is 14.6 Å². The van der Waals surface area contributed by atoms with Crippen molar-refractivity contribution >= 4 is 28.7 Å². The standard InChI is InChI=1S/C23H30N6O3S/c1-4-7-33-23-25-21(24-15-9-14(15)13-6-5-11(2)12(3)8-13)18-22(26-23)29(28-27-18)16-10-17(30)20(32)19(16)31/h5-6,8,14-17,19-20,30-32H,4,7,9-10H2,1-3H3,(H,24,25,26)/t14?,15?,16-,17+,19+,20-/m1/s1. The first-order chi connectivity index (χ1) is 15.9. The molecule has 2 saturated carbocycles. The Balaban J connectivity index is 1.45. The number of hydrogen-bond donors (Lipinski definition) is 4. The fourth-order valence-electron chi connectivity index (χ4n) is 4.51. The van der Waals surface area contributed by atoms with Crippen LogP contribution >= 0.6 is 11.8 Å². The van der Waals surface area contributed by atoms with Crippen LogP contribution in [0.25, 0.3) is 11.2 Å². The van der Waals surface area contributed by atoms with Gasteiger partial charge in [0.1, 0.15) is 12.2 Å². The molecule has 3 aromatic rings. The highest BCUT2D eigenvalue weighted by molar-refractivity contribution is 7.99. The summed E-state index contributed by atoms with van der Waals surface area (Å²) in [7, 11) is 0. The molecule has 33 heavy (non-hydrogen) atoms. The summed E-state index contributed by atoms with van der Waals surface area (Å²) in [5, 5.41) is 43.2. The van der Waals surface area contributed by atoms with Crippen LogP contribution in [0.1, 0.15) is 54.8 Å². The van der Waals surface area contributed by atoms with Gasteiger partial charge in [0.25, 0.3) is 0 Å². The minimum atomic E-state index is -1.21. The number of anilines is 1. The number of benzene rings is 1. The van der Waals surface area contributed by atoms with Crippen LogP contribution in [0.3, 0.4) is 0 Å². The number of fused-ring (bicyclic) bond motifs is 1. The van der Waals surface area contributed by atoms with Crippen molar-refractivity contribution in [3.8, 4) is 0 Å². The molecule has 10 heteroatoms. The summed E-state index contributed by atoms with van der Waals surface area (Å²) in [5.41, 5.74) is 4.94. The van der Waals surface area contributed by atoms with Gasteiger partial charge in [0, 0.05) is 24.1 Å². The fourth-order valence-corrected chi connectivity index (χ4v) is 5.21. The molecule has 6 atom stereocenters.